The van der Waals surface area contributed by atoms with Crippen LogP contribution in [0.4, 0.5) is 0 Å². The Morgan fingerprint density at radius 2 is 0.750 bits per heavy atom. The van der Waals surface area contributed by atoms with E-state index in [0.717, 1.165) is 44.9 Å². The molecule has 56 heavy (non-hydrogen) atoms. The molecule has 1 amide bonds. The molecule has 0 rings (SSSR count). The van der Waals surface area contributed by atoms with Crippen LogP contribution < -0.4 is 5.32 Å². The lowest BCUT2D eigenvalue weighted by atomic mass is 10.0. The molecular weight excluding hydrogens is 695 g/mol. The lowest BCUT2D eigenvalue weighted by molar-refractivity contribution is -0.151. The number of aliphatic hydroxyl groups is 2. The highest BCUT2D eigenvalue weighted by atomic mass is 16.5. The molecule has 3 unspecified atom stereocenters. The standard InChI is InChI=1S/C50H99NO5/c1-4-7-10-13-16-19-21-22-23-24-25-26-28-30-33-36-39-42-48(53)47(45-52)51-49(54)44-46(41-38-35-32-29-18-15-12-9-6-3)56-50(55)43-40-37-34-31-27-20-17-14-11-8-5-2/h46-48,52-53H,4-45H2,1-3H3,(H,51,54). The van der Waals surface area contributed by atoms with Crippen LogP contribution in [0.2, 0.25) is 0 Å². The van der Waals surface area contributed by atoms with E-state index in [1.54, 1.807) is 0 Å². The Kier molecular flexibility index (Phi) is 44.0. The number of amides is 1. The number of hydrogen-bond donors (Lipinski definition) is 3. The zero-order valence-electron chi connectivity index (χ0n) is 38.0. The van der Waals surface area contributed by atoms with Gasteiger partial charge in [-0.3, -0.25) is 9.59 Å². The second-order valence-electron chi connectivity index (χ2n) is 17.6. The first-order valence-electron chi connectivity index (χ1n) is 25.3. The first kappa shape index (κ1) is 54.9. The molecule has 0 aliphatic carbocycles. The van der Waals surface area contributed by atoms with Crippen molar-refractivity contribution < 1.29 is 24.5 Å². The minimum absolute atomic E-state index is 0.0867. The SMILES string of the molecule is CCCCCCCCCCCCCCCCCCCC(O)C(CO)NC(=O)CC(CCCCCCCCCCC)OC(=O)CCCCCCCCCCCCC. The van der Waals surface area contributed by atoms with E-state index in [0.29, 0.717) is 19.3 Å². The highest BCUT2D eigenvalue weighted by Gasteiger charge is 2.24. The Hall–Kier alpha value is -1.14. The molecule has 0 bridgehead atoms. The fraction of sp³-hybridized carbons (Fsp3) is 0.960. The minimum Gasteiger partial charge on any atom is -0.462 e. The molecule has 0 radical (unpaired) electrons. The van der Waals surface area contributed by atoms with E-state index in [1.165, 1.54) is 193 Å². The van der Waals surface area contributed by atoms with Gasteiger partial charge in [-0.2, -0.15) is 0 Å². The van der Waals surface area contributed by atoms with Crippen molar-refractivity contribution in [3.8, 4) is 0 Å². The highest BCUT2D eigenvalue weighted by molar-refractivity contribution is 5.77. The Labute approximate surface area is 349 Å². The summed E-state index contributed by atoms with van der Waals surface area (Å²) in [5.41, 5.74) is 0. The predicted molar refractivity (Wildman–Crippen MR) is 241 cm³/mol. The molecule has 6 nitrogen and oxygen atoms in total. The molecule has 0 spiro atoms. The molecule has 0 saturated carbocycles. The maximum absolute atomic E-state index is 13.1. The largest absolute Gasteiger partial charge is 0.462 e. The molecule has 0 aromatic heterocycles. The van der Waals surface area contributed by atoms with E-state index in [4.69, 9.17) is 4.74 Å². The minimum atomic E-state index is -0.778. The smallest absolute Gasteiger partial charge is 0.306 e. The summed E-state index contributed by atoms with van der Waals surface area (Å²) in [4.78, 5) is 26.0. The molecule has 0 heterocycles. The van der Waals surface area contributed by atoms with Gasteiger partial charge >= 0.3 is 5.97 Å². The summed E-state index contributed by atoms with van der Waals surface area (Å²) in [5, 5.41) is 23.7. The van der Waals surface area contributed by atoms with Gasteiger partial charge in [0.2, 0.25) is 5.91 Å². The Morgan fingerprint density at radius 3 is 1.09 bits per heavy atom. The summed E-state index contributed by atoms with van der Waals surface area (Å²) >= 11 is 0. The first-order valence-corrected chi connectivity index (χ1v) is 25.3. The predicted octanol–water partition coefficient (Wildman–Crippen LogP) is 14.8. The molecule has 334 valence electrons. The van der Waals surface area contributed by atoms with Crippen molar-refractivity contribution in [2.75, 3.05) is 6.61 Å². The Bertz CT molecular complexity index is 806. The van der Waals surface area contributed by atoms with Gasteiger partial charge in [0.25, 0.3) is 0 Å². The van der Waals surface area contributed by atoms with Crippen molar-refractivity contribution in [1.82, 2.24) is 5.32 Å². The topological polar surface area (TPSA) is 95.9 Å². The quantitative estimate of drug-likeness (QED) is 0.0421. The molecule has 0 aromatic carbocycles. The van der Waals surface area contributed by atoms with Crippen LogP contribution in [0.3, 0.4) is 0 Å². The summed E-state index contributed by atoms with van der Waals surface area (Å²) in [6, 6.07) is -0.691. The third-order valence-electron chi connectivity index (χ3n) is 11.9. The lowest BCUT2D eigenvalue weighted by Crippen LogP contribution is -2.46. The van der Waals surface area contributed by atoms with Crippen LogP contribution in [0, 0.1) is 0 Å². The van der Waals surface area contributed by atoms with Crippen molar-refractivity contribution in [1.29, 1.82) is 0 Å². The van der Waals surface area contributed by atoms with Gasteiger partial charge < -0.3 is 20.3 Å². The van der Waals surface area contributed by atoms with Crippen LogP contribution in [-0.4, -0.2) is 46.9 Å². The number of ether oxygens (including phenoxy) is 1. The summed E-state index contributed by atoms with van der Waals surface area (Å²) < 4.78 is 5.90. The van der Waals surface area contributed by atoms with E-state index in [-0.39, 0.29) is 24.9 Å². The molecular formula is C50H99NO5. The van der Waals surface area contributed by atoms with E-state index in [2.05, 4.69) is 26.1 Å². The van der Waals surface area contributed by atoms with Crippen LogP contribution in [0.1, 0.15) is 284 Å². The van der Waals surface area contributed by atoms with E-state index >= 15 is 0 Å². The van der Waals surface area contributed by atoms with Crippen molar-refractivity contribution in [2.24, 2.45) is 0 Å². The van der Waals surface area contributed by atoms with Gasteiger partial charge in [-0.25, -0.2) is 0 Å². The van der Waals surface area contributed by atoms with E-state index < -0.39 is 18.2 Å². The number of carbonyl (C=O) groups is 2. The average molecular weight is 794 g/mol. The third-order valence-corrected chi connectivity index (χ3v) is 11.9. The average Bonchev–Trinajstić information content (AvgIpc) is 3.19. The number of nitrogens with one attached hydrogen (secondary N) is 1. The second kappa shape index (κ2) is 45.0. The molecule has 3 N–H and O–H groups in total. The Balaban J connectivity index is 4.37. The molecule has 6 heteroatoms. The summed E-state index contributed by atoms with van der Waals surface area (Å²) in [6.07, 6.45) is 47.4. The van der Waals surface area contributed by atoms with Crippen molar-refractivity contribution >= 4 is 11.9 Å². The number of esters is 1. The first-order chi connectivity index (χ1) is 27.5. The molecule has 0 aliphatic heterocycles. The van der Waals surface area contributed by atoms with E-state index in [1.807, 2.05) is 0 Å². The second-order valence-corrected chi connectivity index (χ2v) is 17.6. The molecule has 0 aromatic rings. The van der Waals surface area contributed by atoms with Gasteiger partial charge in [0, 0.05) is 6.42 Å². The zero-order chi connectivity index (χ0) is 41.0. The number of aliphatic hydroxyl groups excluding tert-OH is 2. The number of unbranched alkanes of at least 4 members (excludes halogenated alkanes) is 34. The summed E-state index contributed by atoms with van der Waals surface area (Å²) in [5.74, 6) is -0.457. The van der Waals surface area contributed by atoms with Crippen molar-refractivity contribution in [2.45, 2.75) is 302 Å². The Morgan fingerprint density at radius 1 is 0.446 bits per heavy atom. The van der Waals surface area contributed by atoms with Crippen LogP contribution in [0.15, 0.2) is 0 Å². The molecule has 3 atom stereocenters. The van der Waals surface area contributed by atoms with Crippen molar-refractivity contribution in [3.63, 3.8) is 0 Å². The fourth-order valence-corrected chi connectivity index (χ4v) is 8.08. The van der Waals surface area contributed by atoms with Gasteiger partial charge in [0.05, 0.1) is 25.2 Å². The summed E-state index contributed by atoms with van der Waals surface area (Å²) in [6.45, 7) is 6.49. The molecule has 0 fully saturated rings. The molecule has 0 saturated heterocycles. The maximum Gasteiger partial charge on any atom is 0.306 e. The van der Waals surface area contributed by atoms with Crippen LogP contribution >= 0.6 is 0 Å². The van der Waals surface area contributed by atoms with Gasteiger partial charge in [-0.1, -0.05) is 245 Å². The van der Waals surface area contributed by atoms with Gasteiger partial charge in [-0.15, -0.1) is 0 Å². The van der Waals surface area contributed by atoms with Gasteiger partial charge in [-0.05, 0) is 25.7 Å². The number of carbonyl (C=O) groups excluding carboxylic acids is 2. The van der Waals surface area contributed by atoms with Crippen LogP contribution in [0.25, 0.3) is 0 Å². The maximum atomic E-state index is 13.1. The monoisotopic (exact) mass is 794 g/mol. The summed E-state index contributed by atoms with van der Waals surface area (Å²) in [7, 11) is 0. The van der Waals surface area contributed by atoms with Gasteiger partial charge in [0.15, 0.2) is 0 Å². The van der Waals surface area contributed by atoms with E-state index in [9.17, 15) is 19.8 Å². The normalized spacial score (nSPS) is 13.2. The third kappa shape index (κ3) is 39.7. The fourth-order valence-electron chi connectivity index (χ4n) is 8.08. The number of rotatable bonds is 46. The molecule has 0 aliphatic rings. The van der Waals surface area contributed by atoms with Crippen LogP contribution in [-0.2, 0) is 14.3 Å². The van der Waals surface area contributed by atoms with Crippen LogP contribution in [0.5, 0.6) is 0 Å². The highest BCUT2D eigenvalue weighted by Crippen LogP contribution is 2.18. The zero-order valence-corrected chi connectivity index (χ0v) is 38.0. The van der Waals surface area contributed by atoms with Gasteiger partial charge in [0.1, 0.15) is 6.10 Å². The number of hydrogen-bond acceptors (Lipinski definition) is 5. The lowest BCUT2D eigenvalue weighted by Gasteiger charge is -2.24. The van der Waals surface area contributed by atoms with Crippen molar-refractivity contribution in [3.05, 3.63) is 0 Å².